The number of hydrogen-bond donors (Lipinski definition) is 0. The second kappa shape index (κ2) is 8.77. The van der Waals surface area contributed by atoms with Crippen LogP contribution in [0.5, 0.6) is 0 Å². The topological polar surface area (TPSA) is 54.0 Å². The Balaban J connectivity index is 2.56. The van der Waals surface area contributed by atoms with Crippen molar-refractivity contribution >= 4 is 53.1 Å². The molecule has 0 bridgehead atoms. The highest BCUT2D eigenvalue weighted by Gasteiger charge is 2.28. The number of benzene rings is 1. The number of hydrogen-bond acceptors (Lipinski definition) is 7. The average Bonchev–Trinajstić information content (AvgIpc) is 2.34. The first-order valence-electron chi connectivity index (χ1n) is 4.78. The highest BCUT2D eigenvalue weighted by molar-refractivity contribution is 8.57. The fourth-order valence-electron chi connectivity index (χ4n) is 0.980. The minimum absolute atomic E-state index is 0.351. The van der Waals surface area contributed by atoms with Crippen molar-refractivity contribution in [1.82, 2.24) is 0 Å². The molecule has 0 radical (unpaired) electrons. The lowest BCUT2D eigenvalue weighted by Crippen LogP contribution is -1.91. The van der Waals surface area contributed by atoms with E-state index in [-0.39, 0.29) is 0 Å². The molecule has 0 heterocycles. The molecule has 0 atom stereocenters. The molecule has 1 rings (SSSR count). The summed E-state index contributed by atoms with van der Waals surface area (Å²) in [5.41, 5.74) is 0. The van der Waals surface area contributed by atoms with Crippen molar-refractivity contribution in [1.29, 1.82) is 0 Å². The van der Waals surface area contributed by atoms with Gasteiger partial charge in [0, 0.05) is 9.92 Å². The quantitative estimate of drug-likeness (QED) is 0.210. The first kappa shape index (κ1) is 17.6. The van der Waals surface area contributed by atoms with Crippen molar-refractivity contribution in [2.24, 2.45) is 0 Å². The molecular weight excluding hydrogens is 354 g/mol. The Morgan fingerprint density at radius 2 is 1.84 bits per heavy atom. The highest BCUT2D eigenvalue weighted by Crippen LogP contribution is 2.62. The SMILES string of the molecule is COOP(=O)(OOC)SCSc1cc(Cl)ccc1Cl. The van der Waals surface area contributed by atoms with Gasteiger partial charge in [-0.2, -0.15) is 0 Å². The van der Waals surface area contributed by atoms with Gasteiger partial charge in [-0.3, -0.25) is 0 Å². The van der Waals surface area contributed by atoms with Gasteiger partial charge in [-0.25, -0.2) is 14.3 Å². The summed E-state index contributed by atoms with van der Waals surface area (Å²) in [6.45, 7) is -3.51. The van der Waals surface area contributed by atoms with Crippen LogP contribution in [-0.2, 0) is 23.7 Å². The van der Waals surface area contributed by atoms with Crippen LogP contribution in [0.1, 0.15) is 0 Å². The van der Waals surface area contributed by atoms with Crippen LogP contribution in [0.15, 0.2) is 23.1 Å². The Morgan fingerprint density at radius 3 is 2.42 bits per heavy atom. The lowest BCUT2D eigenvalue weighted by atomic mass is 10.4. The molecule has 0 N–H and O–H groups in total. The van der Waals surface area contributed by atoms with E-state index < -0.39 is 6.80 Å². The van der Waals surface area contributed by atoms with Gasteiger partial charge in [-0.15, -0.1) is 21.1 Å². The molecule has 0 amide bonds. The zero-order chi connectivity index (χ0) is 14.3. The minimum Gasteiger partial charge on any atom is -0.242 e. The fourth-order valence-corrected chi connectivity index (χ4v) is 5.89. The Labute approximate surface area is 129 Å². The van der Waals surface area contributed by atoms with Crippen molar-refractivity contribution in [3.63, 3.8) is 0 Å². The normalized spacial score (nSPS) is 11.8. The van der Waals surface area contributed by atoms with Gasteiger partial charge >= 0.3 is 6.80 Å². The number of rotatable bonds is 8. The third-order valence-corrected chi connectivity index (χ3v) is 7.11. The summed E-state index contributed by atoms with van der Waals surface area (Å²) in [6.07, 6.45) is 0. The van der Waals surface area contributed by atoms with Crippen molar-refractivity contribution < 1.29 is 23.7 Å². The lowest BCUT2D eigenvalue weighted by molar-refractivity contribution is -0.236. The van der Waals surface area contributed by atoms with Gasteiger partial charge in [-0.1, -0.05) is 23.2 Å². The predicted octanol–water partition coefficient (Wildman–Crippen LogP) is 5.04. The van der Waals surface area contributed by atoms with E-state index in [0.29, 0.717) is 15.1 Å². The van der Waals surface area contributed by atoms with Gasteiger partial charge in [0.2, 0.25) is 0 Å². The molecule has 19 heavy (non-hydrogen) atoms. The molecule has 0 saturated heterocycles. The van der Waals surface area contributed by atoms with E-state index in [1.54, 1.807) is 18.2 Å². The Kier molecular flexibility index (Phi) is 8.13. The maximum Gasteiger partial charge on any atom is 0.443 e. The van der Waals surface area contributed by atoms with E-state index in [0.717, 1.165) is 16.3 Å². The number of halogens is 2. The Hall–Kier alpha value is 0.570. The maximum atomic E-state index is 12.0. The summed E-state index contributed by atoms with van der Waals surface area (Å²) in [4.78, 5) is 9.49. The van der Waals surface area contributed by atoms with Crippen LogP contribution in [0.4, 0.5) is 0 Å². The van der Waals surface area contributed by atoms with Gasteiger partial charge in [-0.05, 0) is 29.6 Å². The molecule has 0 aliphatic rings. The van der Waals surface area contributed by atoms with E-state index in [4.69, 9.17) is 23.2 Å². The molecule has 0 fully saturated rings. The van der Waals surface area contributed by atoms with Gasteiger partial charge < -0.3 is 0 Å². The molecule has 1 aromatic carbocycles. The largest absolute Gasteiger partial charge is 0.443 e. The molecule has 5 nitrogen and oxygen atoms in total. The summed E-state index contributed by atoms with van der Waals surface area (Å²) in [7, 11) is 2.46. The predicted molar refractivity (Wildman–Crippen MR) is 78.6 cm³/mol. The molecule has 0 saturated carbocycles. The van der Waals surface area contributed by atoms with Gasteiger partial charge in [0.05, 0.1) is 24.3 Å². The lowest BCUT2D eigenvalue weighted by Gasteiger charge is -2.12. The Morgan fingerprint density at radius 1 is 1.21 bits per heavy atom. The van der Waals surface area contributed by atoms with E-state index in [9.17, 15) is 4.57 Å². The van der Waals surface area contributed by atoms with Crippen LogP contribution >= 0.6 is 53.1 Å². The van der Waals surface area contributed by atoms with Crippen LogP contribution < -0.4 is 0 Å². The maximum absolute atomic E-state index is 12.0. The molecule has 0 unspecified atom stereocenters. The van der Waals surface area contributed by atoms with Gasteiger partial charge in [0.25, 0.3) is 0 Å². The van der Waals surface area contributed by atoms with Crippen LogP contribution in [0.3, 0.4) is 0 Å². The van der Waals surface area contributed by atoms with Gasteiger partial charge in [0.1, 0.15) is 0 Å². The van der Waals surface area contributed by atoms with Crippen LogP contribution in [0, 0.1) is 0 Å². The van der Waals surface area contributed by atoms with E-state index in [1.165, 1.54) is 26.0 Å². The van der Waals surface area contributed by atoms with Gasteiger partial charge in [0.15, 0.2) is 0 Å². The van der Waals surface area contributed by atoms with Crippen LogP contribution in [0.2, 0.25) is 10.0 Å². The molecule has 108 valence electrons. The summed E-state index contributed by atoms with van der Waals surface area (Å²) in [6, 6.07) is 5.09. The van der Waals surface area contributed by atoms with E-state index in [1.807, 2.05) is 0 Å². The van der Waals surface area contributed by atoms with Crippen molar-refractivity contribution in [2.75, 3.05) is 19.3 Å². The highest BCUT2D eigenvalue weighted by atomic mass is 35.5. The molecular formula is C9H11Cl2O5PS2. The third-order valence-electron chi connectivity index (χ3n) is 1.65. The first-order chi connectivity index (χ1) is 9.00. The average molecular weight is 365 g/mol. The van der Waals surface area contributed by atoms with Crippen molar-refractivity contribution in [3.05, 3.63) is 28.2 Å². The monoisotopic (exact) mass is 364 g/mol. The fraction of sp³-hybridized carbons (Fsp3) is 0.333. The second-order valence-electron chi connectivity index (χ2n) is 2.90. The van der Waals surface area contributed by atoms with Crippen molar-refractivity contribution in [2.45, 2.75) is 4.90 Å². The summed E-state index contributed by atoms with van der Waals surface area (Å²) >= 11 is 14.1. The summed E-state index contributed by atoms with van der Waals surface area (Å²) in [5.74, 6) is 0. The van der Waals surface area contributed by atoms with Crippen LogP contribution in [0.25, 0.3) is 0 Å². The van der Waals surface area contributed by atoms with E-state index in [2.05, 4.69) is 19.1 Å². The molecule has 0 aliphatic heterocycles. The third kappa shape index (κ3) is 6.25. The molecule has 10 heteroatoms. The number of thioether (sulfide) groups is 1. The molecule has 0 aromatic heterocycles. The molecule has 1 aromatic rings. The Bertz CT molecular complexity index is 452. The summed E-state index contributed by atoms with van der Waals surface area (Å²) in [5, 5.41) is 1.48. The zero-order valence-electron chi connectivity index (χ0n) is 10.0. The second-order valence-corrected chi connectivity index (χ2v) is 8.98. The van der Waals surface area contributed by atoms with Crippen molar-refractivity contribution in [3.8, 4) is 0 Å². The minimum atomic E-state index is -3.51. The smallest absolute Gasteiger partial charge is 0.242 e. The standard InChI is InChI=1S/C9H11Cl2O5PS2/c1-13-15-17(12,16-14-2)19-6-18-9-5-7(10)3-4-8(9)11/h3-5H,6H2,1-2H3. The first-order valence-corrected chi connectivity index (χ1v) is 9.65. The van der Waals surface area contributed by atoms with E-state index >= 15 is 0 Å². The molecule has 0 aliphatic carbocycles. The van der Waals surface area contributed by atoms with Crippen LogP contribution in [-0.4, -0.2) is 19.3 Å². The zero-order valence-corrected chi connectivity index (χ0v) is 14.0. The molecule has 0 spiro atoms. The summed E-state index contributed by atoms with van der Waals surface area (Å²) < 4.78 is 21.1.